The van der Waals surface area contributed by atoms with Crippen LogP contribution in [0.5, 0.6) is 0 Å². The summed E-state index contributed by atoms with van der Waals surface area (Å²) in [4.78, 5) is 0. The molecule has 0 aliphatic heterocycles. The Hall–Kier alpha value is 0.430. The van der Waals surface area contributed by atoms with Crippen molar-refractivity contribution >= 4 is 23.4 Å². The maximum atomic E-state index is 11.4. The van der Waals surface area contributed by atoms with E-state index in [2.05, 4.69) is 0 Å². The average molecular weight is 179 g/mol. The molecule has 0 radical (unpaired) electrons. The van der Waals surface area contributed by atoms with Crippen molar-refractivity contribution in [1.29, 1.82) is 0 Å². The highest BCUT2D eigenvalue weighted by Crippen LogP contribution is 2.33. The summed E-state index contributed by atoms with van der Waals surface area (Å²) in [5.41, 5.74) is -4.14. The van der Waals surface area contributed by atoms with E-state index in [-0.39, 0.29) is 17.6 Å². The lowest BCUT2D eigenvalue weighted by Crippen LogP contribution is -2.09. The Balaban J connectivity index is 3.47. The molecule has 0 fully saturated rings. The minimum atomic E-state index is -4.14. The molecule has 1 unspecified atom stereocenters. The standard InChI is InChI=1S/C4H6ClF3S/c1-3(2-5)9-4(6,7)8/h3H,2H2,1H3. The number of rotatable bonds is 2. The maximum Gasteiger partial charge on any atom is 0.442 e. The summed E-state index contributed by atoms with van der Waals surface area (Å²) in [6.45, 7) is 1.44. The molecule has 0 N–H and O–H groups in total. The summed E-state index contributed by atoms with van der Waals surface area (Å²) in [6, 6.07) is 0. The third kappa shape index (κ3) is 6.31. The van der Waals surface area contributed by atoms with E-state index in [4.69, 9.17) is 11.6 Å². The largest absolute Gasteiger partial charge is 0.442 e. The van der Waals surface area contributed by atoms with Crippen LogP contribution in [0.4, 0.5) is 13.2 Å². The van der Waals surface area contributed by atoms with E-state index >= 15 is 0 Å². The first-order chi connectivity index (χ1) is 3.95. The zero-order valence-corrected chi connectivity index (χ0v) is 6.28. The lowest BCUT2D eigenvalue weighted by Gasteiger charge is -2.08. The molecule has 1 atom stereocenters. The fraction of sp³-hybridized carbons (Fsp3) is 1.00. The number of hydrogen-bond acceptors (Lipinski definition) is 1. The molecule has 0 aromatic rings. The third-order valence-electron chi connectivity index (χ3n) is 0.552. The molecular weight excluding hydrogens is 173 g/mol. The van der Waals surface area contributed by atoms with E-state index in [1.54, 1.807) is 0 Å². The monoisotopic (exact) mass is 178 g/mol. The van der Waals surface area contributed by atoms with E-state index in [0.717, 1.165) is 0 Å². The number of halogens is 4. The molecule has 0 saturated carbocycles. The Morgan fingerprint density at radius 3 is 2.11 bits per heavy atom. The van der Waals surface area contributed by atoms with Crippen molar-refractivity contribution in [2.75, 3.05) is 5.88 Å². The second kappa shape index (κ2) is 3.56. The van der Waals surface area contributed by atoms with Gasteiger partial charge in [-0.3, -0.25) is 0 Å². The van der Waals surface area contributed by atoms with Gasteiger partial charge in [-0.1, -0.05) is 6.92 Å². The molecule has 0 spiro atoms. The van der Waals surface area contributed by atoms with Crippen LogP contribution < -0.4 is 0 Å². The second-order valence-corrected chi connectivity index (χ2v) is 3.34. The fourth-order valence-electron chi connectivity index (χ4n) is 0.260. The van der Waals surface area contributed by atoms with Gasteiger partial charge in [-0.15, -0.1) is 11.6 Å². The predicted molar refractivity (Wildman–Crippen MR) is 33.8 cm³/mol. The van der Waals surface area contributed by atoms with Gasteiger partial charge < -0.3 is 0 Å². The zero-order valence-electron chi connectivity index (χ0n) is 4.70. The van der Waals surface area contributed by atoms with Gasteiger partial charge in [0.25, 0.3) is 0 Å². The van der Waals surface area contributed by atoms with Gasteiger partial charge >= 0.3 is 5.51 Å². The molecular formula is C4H6ClF3S. The SMILES string of the molecule is CC(CCl)SC(F)(F)F. The highest BCUT2D eigenvalue weighted by molar-refractivity contribution is 8.00. The van der Waals surface area contributed by atoms with Crippen molar-refractivity contribution in [1.82, 2.24) is 0 Å². The van der Waals surface area contributed by atoms with Gasteiger partial charge in [-0.2, -0.15) is 13.2 Å². The van der Waals surface area contributed by atoms with Crippen molar-refractivity contribution in [2.45, 2.75) is 17.7 Å². The van der Waals surface area contributed by atoms with Crippen molar-refractivity contribution in [3.63, 3.8) is 0 Å². The molecule has 0 bridgehead atoms. The van der Waals surface area contributed by atoms with Crippen LogP contribution in [0.2, 0.25) is 0 Å². The van der Waals surface area contributed by atoms with Gasteiger partial charge in [0, 0.05) is 11.1 Å². The summed E-state index contributed by atoms with van der Waals surface area (Å²) in [6.07, 6.45) is 0. The summed E-state index contributed by atoms with van der Waals surface area (Å²) >= 11 is 5.06. The van der Waals surface area contributed by atoms with Crippen LogP contribution >= 0.6 is 23.4 Å². The van der Waals surface area contributed by atoms with Crippen LogP contribution in [0.25, 0.3) is 0 Å². The third-order valence-corrected chi connectivity index (χ3v) is 2.03. The highest BCUT2D eigenvalue weighted by Gasteiger charge is 2.30. The lowest BCUT2D eigenvalue weighted by atomic mass is 10.6. The normalized spacial score (nSPS) is 15.7. The van der Waals surface area contributed by atoms with Gasteiger partial charge in [-0.05, 0) is 11.8 Å². The van der Waals surface area contributed by atoms with Crippen molar-refractivity contribution in [3.8, 4) is 0 Å². The molecule has 0 aliphatic rings. The predicted octanol–water partition coefficient (Wildman–Crippen LogP) is 2.87. The first-order valence-electron chi connectivity index (χ1n) is 2.26. The van der Waals surface area contributed by atoms with Crippen molar-refractivity contribution in [2.24, 2.45) is 0 Å². The average Bonchev–Trinajstić information content (AvgIpc) is 1.62. The Morgan fingerprint density at radius 2 is 2.00 bits per heavy atom. The van der Waals surface area contributed by atoms with Crippen molar-refractivity contribution in [3.05, 3.63) is 0 Å². The molecule has 0 rings (SSSR count). The Bertz CT molecular complexity index is 82.4. The van der Waals surface area contributed by atoms with Gasteiger partial charge in [0.1, 0.15) is 0 Å². The van der Waals surface area contributed by atoms with Crippen LogP contribution in [0, 0.1) is 0 Å². The van der Waals surface area contributed by atoms with Gasteiger partial charge in [-0.25, -0.2) is 0 Å². The van der Waals surface area contributed by atoms with Crippen LogP contribution in [-0.4, -0.2) is 16.6 Å². The highest BCUT2D eigenvalue weighted by atomic mass is 35.5. The van der Waals surface area contributed by atoms with E-state index in [0.29, 0.717) is 0 Å². The topological polar surface area (TPSA) is 0 Å². The summed E-state index contributed by atoms with van der Waals surface area (Å²) in [7, 11) is 0. The smallest absolute Gasteiger partial charge is 0.160 e. The van der Waals surface area contributed by atoms with Crippen LogP contribution in [0.1, 0.15) is 6.92 Å². The summed E-state index contributed by atoms with van der Waals surface area (Å²) in [5.74, 6) is 0.0319. The molecule has 0 aromatic heterocycles. The van der Waals surface area contributed by atoms with Gasteiger partial charge in [0.15, 0.2) is 0 Å². The molecule has 5 heteroatoms. The molecule has 56 valence electrons. The molecule has 0 nitrogen and oxygen atoms in total. The second-order valence-electron chi connectivity index (χ2n) is 1.53. The minimum absolute atomic E-state index is 0.0319. The molecule has 0 saturated heterocycles. The first kappa shape index (κ1) is 9.43. The van der Waals surface area contributed by atoms with Crippen LogP contribution in [0.3, 0.4) is 0 Å². The molecule has 0 amide bonds. The molecule has 0 aliphatic carbocycles. The van der Waals surface area contributed by atoms with E-state index in [1.807, 2.05) is 0 Å². The van der Waals surface area contributed by atoms with E-state index in [9.17, 15) is 13.2 Å². The van der Waals surface area contributed by atoms with Crippen LogP contribution in [-0.2, 0) is 0 Å². The number of alkyl halides is 4. The van der Waals surface area contributed by atoms with Crippen molar-refractivity contribution < 1.29 is 13.2 Å². The molecule has 9 heavy (non-hydrogen) atoms. The van der Waals surface area contributed by atoms with Crippen LogP contribution in [0.15, 0.2) is 0 Å². The van der Waals surface area contributed by atoms with E-state index < -0.39 is 10.8 Å². The zero-order chi connectivity index (χ0) is 7.49. The Labute approximate surface area is 60.8 Å². The Kier molecular flexibility index (Phi) is 3.73. The van der Waals surface area contributed by atoms with Gasteiger partial charge in [0.05, 0.1) is 0 Å². The van der Waals surface area contributed by atoms with E-state index in [1.165, 1.54) is 6.92 Å². The fourth-order valence-corrected chi connectivity index (χ4v) is 0.968. The molecule has 0 heterocycles. The summed E-state index contributed by atoms with van der Waals surface area (Å²) in [5, 5.41) is -0.549. The first-order valence-corrected chi connectivity index (χ1v) is 3.67. The summed E-state index contributed by atoms with van der Waals surface area (Å²) < 4.78 is 34.2. The number of thioether (sulfide) groups is 1. The lowest BCUT2D eigenvalue weighted by molar-refractivity contribution is -0.0331. The molecule has 0 aromatic carbocycles. The van der Waals surface area contributed by atoms with Gasteiger partial charge in [0.2, 0.25) is 0 Å². The Morgan fingerprint density at radius 1 is 1.56 bits per heavy atom. The quantitative estimate of drug-likeness (QED) is 0.586. The maximum absolute atomic E-state index is 11.4. The minimum Gasteiger partial charge on any atom is -0.160 e. The number of hydrogen-bond donors (Lipinski definition) is 0.